The highest BCUT2D eigenvalue weighted by molar-refractivity contribution is 6.29. The highest BCUT2D eigenvalue weighted by Gasteiger charge is 2.03. The second-order valence-electron chi connectivity index (χ2n) is 8.42. The Morgan fingerprint density at radius 3 is 1.87 bits per heavy atom. The maximum atomic E-state index is 11.9. The number of halogens is 1. The van der Waals surface area contributed by atoms with Crippen molar-refractivity contribution in [3.8, 4) is 0 Å². The van der Waals surface area contributed by atoms with E-state index in [-0.39, 0.29) is 5.91 Å². The number of nitrogens with one attached hydrogen (secondary N) is 2. The molecule has 6 nitrogen and oxygen atoms in total. The summed E-state index contributed by atoms with van der Waals surface area (Å²) in [5, 5.41) is 6.21. The zero-order valence-corrected chi connectivity index (χ0v) is 20.3. The number of nitrogens with two attached hydrogens (primary N) is 1. The number of hydrogen-bond acceptors (Lipinski definition) is 5. The van der Waals surface area contributed by atoms with Crippen LogP contribution in [0.3, 0.4) is 0 Å². The molecule has 0 aromatic carbocycles. The van der Waals surface area contributed by atoms with Crippen LogP contribution in [0, 0.1) is 0 Å². The van der Waals surface area contributed by atoms with Gasteiger partial charge in [-0.3, -0.25) is 4.79 Å². The Labute approximate surface area is 194 Å². The fourth-order valence-corrected chi connectivity index (χ4v) is 3.83. The van der Waals surface area contributed by atoms with Gasteiger partial charge in [0.15, 0.2) is 0 Å². The van der Waals surface area contributed by atoms with Crippen molar-refractivity contribution < 1.29 is 4.79 Å². The molecule has 4 N–H and O–H groups in total. The van der Waals surface area contributed by atoms with E-state index in [9.17, 15) is 4.79 Å². The second kappa shape index (κ2) is 19.1. The molecule has 0 aliphatic rings. The van der Waals surface area contributed by atoms with Crippen LogP contribution in [0.4, 0.5) is 11.8 Å². The summed E-state index contributed by atoms with van der Waals surface area (Å²) in [7, 11) is 0. The number of nitrogens with zero attached hydrogens (tertiary/aromatic N) is 2. The summed E-state index contributed by atoms with van der Waals surface area (Å²) in [6.07, 6.45) is 20.6. The van der Waals surface area contributed by atoms with Crippen LogP contribution in [-0.4, -0.2) is 29.0 Å². The quantitative estimate of drug-likeness (QED) is 0.155. The molecule has 0 aliphatic carbocycles. The zero-order chi connectivity index (χ0) is 22.6. The number of aromatic nitrogens is 2. The Kier molecular flexibility index (Phi) is 17.0. The molecule has 0 fully saturated rings. The molecule has 1 rings (SSSR count). The summed E-state index contributed by atoms with van der Waals surface area (Å²) in [6.45, 7) is 3.33. The maximum Gasteiger partial charge on any atom is 0.226 e. The summed E-state index contributed by atoms with van der Waals surface area (Å²) in [4.78, 5) is 19.9. The van der Waals surface area contributed by atoms with E-state index in [1.165, 1.54) is 89.5 Å². The van der Waals surface area contributed by atoms with Gasteiger partial charge in [-0.25, -0.2) is 4.98 Å². The Morgan fingerprint density at radius 2 is 1.35 bits per heavy atom. The minimum Gasteiger partial charge on any atom is -0.383 e. The molecule has 0 bridgehead atoms. The van der Waals surface area contributed by atoms with Gasteiger partial charge < -0.3 is 16.4 Å². The van der Waals surface area contributed by atoms with Gasteiger partial charge in [-0.15, -0.1) is 0 Å². The predicted molar refractivity (Wildman–Crippen MR) is 132 cm³/mol. The van der Waals surface area contributed by atoms with E-state index in [1.54, 1.807) is 0 Å². The Balaban J connectivity index is 1.82. The molecule has 0 saturated carbocycles. The molecule has 0 unspecified atom stereocenters. The third kappa shape index (κ3) is 16.8. The molecular formula is C24H44ClN5O. The van der Waals surface area contributed by atoms with Crippen LogP contribution in [0.25, 0.3) is 0 Å². The number of rotatable bonds is 20. The molecule has 1 aromatic heterocycles. The van der Waals surface area contributed by atoms with Gasteiger partial charge in [0, 0.05) is 25.6 Å². The van der Waals surface area contributed by atoms with Crippen LogP contribution < -0.4 is 16.4 Å². The lowest BCUT2D eigenvalue weighted by Crippen LogP contribution is -2.28. The third-order valence-corrected chi connectivity index (χ3v) is 5.65. The monoisotopic (exact) mass is 453 g/mol. The van der Waals surface area contributed by atoms with Gasteiger partial charge in [-0.1, -0.05) is 108 Å². The lowest BCUT2D eigenvalue weighted by molar-refractivity contribution is -0.121. The van der Waals surface area contributed by atoms with Crippen molar-refractivity contribution in [2.75, 3.05) is 24.1 Å². The van der Waals surface area contributed by atoms with Crippen molar-refractivity contribution in [1.82, 2.24) is 15.3 Å². The number of nitrogen functional groups attached to an aromatic ring is 1. The maximum absolute atomic E-state index is 11.9. The van der Waals surface area contributed by atoms with Crippen LogP contribution in [-0.2, 0) is 4.79 Å². The van der Waals surface area contributed by atoms with Gasteiger partial charge in [0.25, 0.3) is 0 Å². The molecule has 0 saturated heterocycles. The summed E-state index contributed by atoms with van der Waals surface area (Å²) in [5.41, 5.74) is 5.61. The predicted octanol–water partition coefficient (Wildman–Crippen LogP) is 6.50. The standard InChI is InChI=1S/C24H44ClN5O/c1-2-3-4-5-6-7-8-9-10-11-12-13-14-15-16-17-23(31)27-18-19-28-24-29-21(25)20-22(26)30-24/h20H,2-19H2,1H3,(H,27,31)(H3,26,28,29,30). The fourth-order valence-electron chi connectivity index (χ4n) is 3.64. The first kappa shape index (κ1) is 27.5. The van der Waals surface area contributed by atoms with Crippen molar-refractivity contribution in [1.29, 1.82) is 0 Å². The van der Waals surface area contributed by atoms with Crippen molar-refractivity contribution >= 4 is 29.3 Å². The molecule has 7 heteroatoms. The topological polar surface area (TPSA) is 92.9 Å². The highest BCUT2D eigenvalue weighted by Crippen LogP contribution is 2.14. The lowest BCUT2D eigenvalue weighted by Gasteiger charge is -2.07. The van der Waals surface area contributed by atoms with E-state index in [0.29, 0.717) is 36.4 Å². The fraction of sp³-hybridized carbons (Fsp3) is 0.792. The number of hydrogen-bond donors (Lipinski definition) is 3. The van der Waals surface area contributed by atoms with E-state index in [0.717, 1.165) is 12.8 Å². The van der Waals surface area contributed by atoms with Crippen LogP contribution in [0.2, 0.25) is 5.15 Å². The van der Waals surface area contributed by atoms with Crippen LogP contribution in [0.15, 0.2) is 6.07 Å². The first-order valence-electron chi connectivity index (χ1n) is 12.4. The number of carbonyl (C=O) groups is 1. The number of anilines is 2. The summed E-state index contributed by atoms with van der Waals surface area (Å²) >= 11 is 5.83. The van der Waals surface area contributed by atoms with Gasteiger partial charge in [0.2, 0.25) is 11.9 Å². The molecule has 0 radical (unpaired) electrons. The van der Waals surface area contributed by atoms with Gasteiger partial charge in [-0.2, -0.15) is 4.98 Å². The Bertz CT molecular complexity index is 565. The number of amides is 1. The van der Waals surface area contributed by atoms with Crippen molar-refractivity contribution in [3.05, 3.63) is 11.2 Å². The van der Waals surface area contributed by atoms with E-state index in [4.69, 9.17) is 17.3 Å². The molecular weight excluding hydrogens is 410 g/mol. The van der Waals surface area contributed by atoms with Gasteiger partial charge >= 0.3 is 0 Å². The van der Waals surface area contributed by atoms with Crippen molar-refractivity contribution in [2.45, 2.75) is 110 Å². The lowest BCUT2D eigenvalue weighted by atomic mass is 10.0. The first-order chi connectivity index (χ1) is 15.1. The molecule has 178 valence electrons. The van der Waals surface area contributed by atoms with Crippen LogP contribution in [0.1, 0.15) is 110 Å². The third-order valence-electron chi connectivity index (χ3n) is 5.45. The molecule has 1 aromatic rings. The normalized spacial score (nSPS) is 10.9. The second-order valence-corrected chi connectivity index (χ2v) is 8.80. The van der Waals surface area contributed by atoms with E-state index >= 15 is 0 Å². The van der Waals surface area contributed by atoms with E-state index in [1.807, 2.05) is 0 Å². The molecule has 31 heavy (non-hydrogen) atoms. The smallest absolute Gasteiger partial charge is 0.226 e. The van der Waals surface area contributed by atoms with E-state index in [2.05, 4.69) is 27.5 Å². The van der Waals surface area contributed by atoms with Crippen molar-refractivity contribution in [3.63, 3.8) is 0 Å². The molecule has 0 aliphatic heterocycles. The first-order valence-corrected chi connectivity index (χ1v) is 12.8. The Hall–Kier alpha value is -1.56. The van der Waals surface area contributed by atoms with Crippen LogP contribution >= 0.6 is 11.6 Å². The number of unbranched alkanes of at least 4 members (excludes halogenated alkanes) is 14. The van der Waals surface area contributed by atoms with Gasteiger partial charge in [-0.05, 0) is 6.42 Å². The average Bonchev–Trinajstić information content (AvgIpc) is 2.73. The average molecular weight is 454 g/mol. The summed E-state index contributed by atoms with van der Waals surface area (Å²) in [6, 6.07) is 1.49. The summed E-state index contributed by atoms with van der Waals surface area (Å²) in [5.74, 6) is 0.796. The summed E-state index contributed by atoms with van der Waals surface area (Å²) < 4.78 is 0. The molecule has 0 atom stereocenters. The minimum atomic E-state index is 0.100. The SMILES string of the molecule is CCCCCCCCCCCCCCCCCC(=O)NCCNc1nc(N)cc(Cl)n1. The van der Waals surface area contributed by atoms with Crippen LogP contribution in [0.5, 0.6) is 0 Å². The Morgan fingerprint density at radius 1 is 0.839 bits per heavy atom. The molecule has 0 spiro atoms. The van der Waals surface area contributed by atoms with E-state index < -0.39 is 0 Å². The largest absolute Gasteiger partial charge is 0.383 e. The minimum absolute atomic E-state index is 0.100. The van der Waals surface area contributed by atoms with Crippen molar-refractivity contribution in [2.24, 2.45) is 0 Å². The van der Waals surface area contributed by atoms with Gasteiger partial charge in [0.1, 0.15) is 11.0 Å². The molecule has 1 heterocycles. The highest BCUT2D eigenvalue weighted by atomic mass is 35.5. The number of carbonyl (C=O) groups excluding carboxylic acids is 1. The zero-order valence-electron chi connectivity index (χ0n) is 19.6. The van der Waals surface area contributed by atoms with Gasteiger partial charge in [0.05, 0.1) is 0 Å². The molecule has 1 amide bonds.